The first-order valence-corrected chi connectivity index (χ1v) is 7.52. The highest BCUT2D eigenvalue weighted by Gasteiger charge is 2.23. The monoisotopic (exact) mass is 316 g/mol. The Morgan fingerprint density at radius 3 is 2.82 bits per heavy atom. The van der Waals surface area contributed by atoms with E-state index in [4.69, 9.17) is 0 Å². The highest BCUT2D eigenvalue weighted by molar-refractivity contribution is 9.11. The van der Waals surface area contributed by atoms with Gasteiger partial charge in [-0.2, -0.15) is 0 Å². The molecule has 0 radical (unpaired) electrons. The maximum absolute atomic E-state index is 12.1. The van der Waals surface area contributed by atoms with Crippen molar-refractivity contribution in [2.75, 3.05) is 19.6 Å². The molecule has 1 aromatic heterocycles. The number of nitrogens with one attached hydrogen (secondary N) is 1. The van der Waals surface area contributed by atoms with Gasteiger partial charge in [-0.1, -0.05) is 0 Å². The quantitative estimate of drug-likeness (QED) is 0.905. The van der Waals surface area contributed by atoms with Crippen molar-refractivity contribution in [3.05, 3.63) is 20.8 Å². The molecular formula is C12H17BrN2OS. The van der Waals surface area contributed by atoms with E-state index in [1.165, 1.54) is 4.88 Å². The van der Waals surface area contributed by atoms with Crippen LogP contribution < -0.4 is 5.32 Å². The SMILES string of the molecule is CCN(Cc1ccc(Br)s1)C(=O)CC1CNC1. The normalized spacial score (nSPS) is 15.6. The molecule has 0 atom stereocenters. The molecule has 2 rings (SSSR count). The Kier molecular flexibility index (Phi) is 4.59. The standard InChI is InChI=1S/C12H17BrN2OS/c1-2-15(8-10-3-4-11(13)17-10)12(16)5-9-6-14-7-9/h3-4,9,14H,2,5-8H2,1H3. The third-order valence-corrected chi connectivity index (χ3v) is 4.65. The maximum atomic E-state index is 12.1. The van der Waals surface area contributed by atoms with Crippen LogP contribution in [-0.2, 0) is 11.3 Å². The second-order valence-electron chi connectivity index (χ2n) is 4.34. The summed E-state index contributed by atoms with van der Waals surface area (Å²) >= 11 is 5.15. The Morgan fingerprint density at radius 1 is 1.59 bits per heavy atom. The number of rotatable bonds is 5. The van der Waals surface area contributed by atoms with E-state index in [0.717, 1.165) is 30.0 Å². The lowest BCUT2D eigenvalue weighted by Crippen LogP contribution is -2.45. The second-order valence-corrected chi connectivity index (χ2v) is 6.89. The fraction of sp³-hybridized carbons (Fsp3) is 0.583. The second kappa shape index (κ2) is 5.98. The molecule has 1 amide bonds. The summed E-state index contributed by atoms with van der Waals surface area (Å²) in [6.07, 6.45) is 0.688. The molecule has 1 N–H and O–H groups in total. The summed E-state index contributed by atoms with van der Waals surface area (Å²) in [6.45, 7) is 5.56. The van der Waals surface area contributed by atoms with Crippen LogP contribution in [0.2, 0.25) is 0 Å². The van der Waals surface area contributed by atoms with Crippen LogP contribution in [0.25, 0.3) is 0 Å². The zero-order valence-corrected chi connectivity index (χ0v) is 12.3. The first-order chi connectivity index (χ1) is 8.19. The molecule has 0 saturated carbocycles. The van der Waals surface area contributed by atoms with Crippen molar-refractivity contribution in [1.29, 1.82) is 0 Å². The Morgan fingerprint density at radius 2 is 2.35 bits per heavy atom. The van der Waals surface area contributed by atoms with Crippen molar-refractivity contribution in [3.63, 3.8) is 0 Å². The van der Waals surface area contributed by atoms with Crippen LogP contribution in [0.5, 0.6) is 0 Å². The lowest BCUT2D eigenvalue weighted by Gasteiger charge is -2.29. The van der Waals surface area contributed by atoms with Gasteiger partial charge in [0.25, 0.3) is 0 Å². The average molecular weight is 317 g/mol. The van der Waals surface area contributed by atoms with E-state index in [1.54, 1.807) is 11.3 Å². The number of amides is 1. The van der Waals surface area contributed by atoms with Crippen molar-refractivity contribution in [2.24, 2.45) is 5.92 Å². The van der Waals surface area contributed by atoms with E-state index in [-0.39, 0.29) is 5.91 Å². The van der Waals surface area contributed by atoms with Crippen LogP contribution in [0.4, 0.5) is 0 Å². The first-order valence-electron chi connectivity index (χ1n) is 5.91. The number of carbonyl (C=O) groups is 1. The van der Waals surface area contributed by atoms with Gasteiger partial charge in [-0.3, -0.25) is 4.79 Å². The topological polar surface area (TPSA) is 32.3 Å². The highest BCUT2D eigenvalue weighted by Crippen LogP contribution is 2.23. The lowest BCUT2D eigenvalue weighted by molar-refractivity contribution is -0.132. The number of thiophene rings is 1. The molecule has 0 aromatic carbocycles. The molecule has 94 valence electrons. The van der Waals surface area contributed by atoms with Crippen LogP contribution in [0, 0.1) is 5.92 Å². The van der Waals surface area contributed by atoms with Crippen LogP contribution in [-0.4, -0.2) is 30.4 Å². The minimum atomic E-state index is 0.281. The fourth-order valence-corrected chi connectivity index (χ4v) is 3.37. The van der Waals surface area contributed by atoms with Gasteiger partial charge in [-0.25, -0.2) is 0 Å². The van der Waals surface area contributed by atoms with Gasteiger partial charge >= 0.3 is 0 Å². The minimum Gasteiger partial charge on any atom is -0.338 e. The Labute approximate surface area is 114 Å². The predicted molar refractivity (Wildman–Crippen MR) is 74.1 cm³/mol. The summed E-state index contributed by atoms with van der Waals surface area (Å²) < 4.78 is 1.12. The van der Waals surface area contributed by atoms with Crippen molar-refractivity contribution in [2.45, 2.75) is 19.9 Å². The molecule has 5 heteroatoms. The van der Waals surface area contributed by atoms with E-state index < -0.39 is 0 Å². The van der Waals surface area contributed by atoms with Crippen LogP contribution in [0.3, 0.4) is 0 Å². The van der Waals surface area contributed by atoms with Gasteiger partial charge in [0.1, 0.15) is 0 Å². The molecule has 0 spiro atoms. The summed E-state index contributed by atoms with van der Waals surface area (Å²) in [4.78, 5) is 15.3. The Hall–Kier alpha value is -0.390. The van der Waals surface area contributed by atoms with E-state index in [0.29, 0.717) is 12.3 Å². The summed E-state index contributed by atoms with van der Waals surface area (Å²) in [5.74, 6) is 0.829. The Balaban J connectivity index is 1.88. The Bertz CT molecular complexity index is 390. The van der Waals surface area contributed by atoms with Crippen molar-refractivity contribution >= 4 is 33.2 Å². The average Bonchev–Trinajstić information content (AvgIpc) is 2.65. The summed E-state index contributed by atoms with van der Waals surface area (Å²) in [5.41, 5.74) is 0. The minimum absolute atomic E-state index is 0.281. The fourth-order valence-electron chi connectivity index (χ4n) is 1.87. The van der Waals surface area contributed by atoms with Gasteiger partial charge in [0.2, 0.25) is 5.91 Å². The van der Waals surface area contributed by atoms with E-state index in [2.05, 4.69) is 27.3 Å². The van der Waals surface area contributed by atoms with Crippen molar-refractivity contribution in [1.82, 2.24) is 10.2 Å². The number of hydrogen-bond acceptors (Lipinski definition) is 3. The van der Waals surface area contributed by atoms with Gasteiger partial charge in [0.15, 0.2) is 0 Å². The molecule has 0 bridgehead atoms. The zero-order valence-electron chi connectivity index (χ0n) is 9.91. The smallest absolute Gasteiger partial charge is 0.223 e. The maximum Gasteiger partial charge on any atom is 0.223 e. The number of halogens is 1. The molecule has 0 unspecified atom stereocenters. The summed E-state index contributed by atoms with van der Waals surface area (Å²) in [6, 6.07) is 4.11. The lowest BCUT2D eigenvalue weighted by atomic mass is 9.99. The van der Waals surface area contributed by atoms with Gasteiger partial charge in [-0.15, -0.1) is 11.3 Å². The number of nitrogens with zero attached hydrogens (tertiary/aromatic N) is 1. The molecule has 1 fully saturated rings. The third kappa shape index (κ3) is 3.53. The van der Waals surface area contributed by atoms with Crippen molar-refractivity contribution < 1.29 is 4.79 Å². The highest BCUT2D eigenvalue weighted by atomic mass is 79.9. The summed E-state index contributed by atoms with van der Waals surface area (Å²) in [7, 11) is 0. The van der Waals surface area contributed by atoms with Crippen molar-refractivity contribution in [3.8, 4) is 0 Å². The largest absolute Gasteiger partial charge is 0.338 e. The molecule has 0 aliphatic carbocycles. The van der Waals surface area contributed by atoms with Crippen LogP contribution >= 0.6 is 27.3 Å². The molecule has 1 saturated heterocycles. The summed E-state index contributed by atoms with van der Waals surface area (Å²) in [5, 5.41) is 3.20. The number of carbonyl (C=O) groups excluding carboxylic acids is 1. The molecule has 1 aromatic rings. The van der Waals surface area contributed by atoms with Gasteiger partial charge in [-0.05, 0) is 54.0 Å². The first kappa shape index (κ1) is 13.1. The number of hydrogen-bond donors (Lipinski definition) is 1. The van der Waals surface area contributed by atoms with Crippen LogP contribution in [0.15, 0.2) is 15.9 Å². The van der Waals surface area contributed by atoms with E-state index >= 15 is 0 Å². The van der Waals surface area contributed by atoms with E-state index in [1.807, 2.05) is 17.9 Å². The molecule has 1 aliphatic heterocycles. The molecule has 1 aliphatic rings. The molecule has 17 heavy (non-hydrogen) atoms. The van der Waals surface area contributed by atoms with Gasteiger partial charge in [0.05, 0.1) is 10.3 Å². The van der Waals surface area contributed by atoms with Gasteiger partial charge < -0.3 is 10.2 Å². The van der Waals surface area contributed by atoms with E-state index in [9.17, 15) is 4.79 Å². The van der Waals surface area contributed by atoms with Gasteiger partial charge in [0, 0.05) is 17.8 Å². The third-order valence-electron chi connectivity index (χ3n) is 3.04. The predicted octanol–water partition coefficient (Wildman–Crippen LogP) is 2.47. The molecule has 3 nitrogen and oxygen atoms in total. The zero-order chi connectivity index (χ0) is 12.3. The molecular weight excluding hydrogens is 300 g/mol. The van der Waals surface area contributed by atoms with Crippen LogP contribution in [0.1, 0.15) is 18.2 Å². The molecule has 2 heterocycles.